The molecule has 0 unspecified atom stereocenters. The van der Waals surface area contributed by atoms with E-state index < -0.39 is 0 Å². The lowest BCUT2D eigenvalue weighted by atomic mass is 10.1. The molecule has 3 rings (SSSR count). The van der Waals surface area contributed by atoms with Crippen molar-refractivity contribution in [2.45, 2.75) is 6.92 Å². The molecule has 0 spiro atoms. The van der Waals surface area contributed by atoms with E-state index in [9.17, 15) is 4.79 Å². The van der Waals surface area contributed by atoms with Gasteiger partial charge in [0.25, 0.3) is 11.8 Å². The molecule has 3 aromatic rings. The molecule has 6 nitrogen and oxygen atoms in total. The maximum atomic E-state index is 11.4. The molecule has 0 fully saturated rings. The normalized spacial score (nSPS) is 10.4. The van der Waals surface area contributed by atoms with Crippen LogP contribution in [0.2, 0.25) is 0 Å². The zero-order valence-corrected chi connectivity index (χ0v) is 13.4. The number of rotatable bonds is 5. The van der Waals surface area contributed by atoms with E-state index in [0.29, 0.717) is 23.0 Å². The SMILES string of the molecule is CNC(=O)COc1ccccc1-c1nc(-c2ccccc2C)no1. The molecule has 24 heavy (non-hydrogen) atoms. The number of aromatic nitrogens is 2. The molecule has 0 aliphatic carbocycles. The number of carbonyl (C=O) groups is 1. The van der Waals surface area contributed by atoms with Gasteiger partial charge in [-0.1, -0.05) is 41.6 Å². The van der Waals surface area contributed by atoms with Crippen LogP contribution in [0.5, 0.6) is 5.75 Å². The standard InChI is InChI=1S/C18H17N3O3/c1-12-7-3-4-8-13(12)17-20-18(24-21-17)14-9-5-6-10-15(14)23-11-16(22)19-2/h3-10H,11H2,1-2H3,(H,19,22). The monoisotopic (exact) mass is 323 g/mol. The molecule has 1 N–H and O–H groups in total. The number of benzene rings is 2. The second kappa shape index (κ2) is 6.95. The summed E-state index contributed by atoms with van der Waals surface area (Å²) in [5.41, 5.74) is 2.62. The van der Waals surface area contributed by atoms with Crippen molar-refractivity contribution in [1.29, 1.82) is 0 Å². The summed E-state index contributed by atoms with van der Waals surface area (Å²) >= 11 is 0. The number of hydrogen-bond acceptors (Lipinski definition) is 5. The Labute approximate surface area is 139 Å². The number of hydrogen-bond donors (Lipinski definition) is 1. The Morgan fingerprint density at radius 2 is 1.83 bits per heavy atom. The molecule has 0 bridgehead atoms. The predicted molar refractivity (Wildman–Crippen MR) is 89.5 cm³/mol. The van der Waals surface area contributed by atoms with Gasteiger partial charge < -0.3 is 14.6 Å². The fraction of sp³-hybridized carbons (Fsp3) is 0.167. The quantitative estimate of drug-likeness (QED) is 0.781. The Bertz CT molecular complexity index is 858. The van der Waals surface area contributed by atoms with Gasteiger partial charge in [-0.25, -0.2) is 0 Å². The summed E-state index contributed by atoms with van der Waals surface area (Å²) in [6.45, 7) is 1.91. The van der Waals surface area contributed by atoms with Crippen LogP contribution in [-0.2, 0) is 4.79 Å². The van der Waals surface area contributed by atoms with Crippen LogP contribution in [0.1, 0.15) is 5.56 Å². The number of carbonyl (C=O) groups excluding carboxylic acids is 1. The molecule has 0 aliphatic heterocycles. The third kappa shape index (κ3) is 3.27. The van der Waals surface area contributed by atoms with Crippen LogP contribution in [0.25, 0.3) is 22.8 Å². The average Bonchev–Trinajstić information content (AvgIpc) is 3.10. The summed E-state index contributed by atoms with van der Waals surface area (Å²) < 4.78 is 10.9. The van der Waals surface area contributed by atoms with Gasteiger partial charge in [0.2, 0.25) is 5.82 Å². The molecular formula is C18H17N3O3. The summed E-state index contributed by atoms with van der Waals surface area (Å²) in [5.74, 6) is 1.17. The highest BCUT2D eigenvalue weighted by Gasteiger charge is 2.16. The first kappa shape index (κ1) is 15.7. The van der Waals surface area contributed by atoms with Crippen LogP contribution < -0.4 is 10.1 Å². The maximum absolute atomic E-state index is 11.4. The highest BCUT2D eigenvalue weighted by Crippen LogP contribution is 2.30. The fourth-order valence-corrected chi connectivity index (χ4v) is 2.25. The largest absolute Gasteiger partial charge is 0.483 e. The van der Waals surface area contributed by atoms with Gasteiger partial charge in [-0.2, -0.15) is 4.98 Å². The van der Waals surface area contributed by atoms with Crippen molar-refractivity contribution in [2.24, 2.45) is 0 Å². The first-order valence-corrected chi connectivity index (χ1v) is 7.51. The molecule has 2 aromatic carbocycles. The number of para-hydroxylation sites is 1. The van der Waals surface area contributed by atoms with Crippen molar-refractivity contribution in [1.82, 2.24) is 15.5 Å². The van der Waals surface area contributed by atoms with Gasteiger partial charge in [-0.05, 0) is 24.6 Å². The van der Waals surface area contributed by atoms with Gasteiger partial charge in [0.15, 0.2) is 6.61 Å². The van der Waals surface area contributed by atoms with Crippen molar-refractivity contribution < 1.29 is 14.1 Å². The Morgan fingerprint density at radius 3 is 2.58 bits per heavy atom. The average molecular weight is 323 g/mol. The molecule has 0 radical (unpaired) electrons. The van der Waals surface area contributed by atoms with Gasteiger partial charge in [0.1, 0.15) is 5.75 Å². The highest BCUT2D eigenvalue weighted by atomic mass is 16.5. The molecule has 0 saturated heterocycles. The number of ether oxygens (including phenoxy) is 1. The van der Waals surface area contributed by atoms with Crippen molar-refractivity contribution in [3.63, 3.8) is 0 Å². The van der Waals surface area contributed by atoms with Crippen LogP contribution in [0.15, 0.2) is 53.1 Å². The second-order valence-electron chi connectivity index (χ2n) is 5.20. The molecule has 1 aromatic heterocycles. The van der Waals surface area contributed by atoms with E-state index in [0.717, 1.165) is 11.1 Å². The first-order valence-electron chi connectivity index (χ1n) is 7.51. The zero-order valence-electron chi connectivity index (χ0n) is 13.4. The minimum Gasteiger partial charge on any atom is -0.483 e. The summed E-state index contributed by atoms with van der Waals surface area (Å²) in [4.78, 5) is 15.8. The molecule has 0 atom stereocenters. The minimum atomic E-state index is -0.212. The number of likely N-dealkylation sites (N-methyl/N-ethyl adjacent to an activating group) is 1. The number of aryl methyl sites for hydroxylation is 1. The van der Waals surface area contributed by atoms with E-state index in [1.807, 2.05) is 49.4 Å². The number of amides is 1. The Kier molecular flexibility index (Phi) is 4.56. The van der Waals surface area contributed by atoms with Gasteiger partial charge in [-0.3, -0.25) is 4.79 Å². The van der Waals surface area contributed by atoms with Gasteiger partial charge in [0.05, 0.1) is 5.56 Å². The molecule has 0 saturated carbocycles. The van der Waals surface area contributed by atoms with E-state index >= 15 is 0 Å². The van der Waals surface area contributed by atoms with Crippen LogP contribution >= 0.6 is 0 Å². The Balaban J connectivity index is 1.91. The molecule has 1 amide bonds. The van der Waals surface area contributed by atoms with Crippen molar-refractivity contribution in [3.8, 4) is 28.6 Å². The molecule has 0 aliphatic rings. The highest BCUT2D eigenvalue weighted by molar-refractivity contribution is 5.77. The summed E-state index contributed by atoms with van der Waals surface area (Å²) in [5, 5.41) is 6.57. The lowest BCUT2D eigenvalue weighted by Crippen LogP contribution is -2.24. The van der Waals surface area contributed by atoms with Gasteiger partial charge >= 0.3 is 0 Å². The topological polar surface area (TPSA) is 77.2 Å². The smallest absolute Gasteiger partial charge is 0.262 e. The summed E-state index contributed by atoms with van der Waals surface area (Å²) in [6, 6.07) is 15.1. The fourth-order valence-electron chi connectivity index (χ4n) is 2.25. The van der Waals surface area contributed by atoms with Gasteiger partial charge in [-0.15, -0.1) is 0 Å². The minimum absolute atomic E-state index is 0.0771. The van der Waals surface area contributed by atoms with E-state index in [-0.39, 0.29) is 12.5 Å². The number of nitrogens with zero attached hydrogens (tertiary/aromatic N) is 2. The first-order chi connectivity index (χ1) is 11.7. The third-order valence-electron chi connectivity index (χ3n) is 3.57. The Morgan fingerprint density at radius 1 is 1.12 bits per heavy atom. The predicted octanol–water partition coefficient (Wildman–Crippen LogP) is 2.84. The van der Waals surface area contributed by atoms with E-state index in [1.165, 1.54) is 0 Å². The van der Waals surface area contributed by atoms with Crippen molar-refractivity contribution in [3.05, 3.63) is 54.1 Å². The van der Waals surface area contributed by atoms with E-state index in [1.54, 1.807) is 13.1 Å². The Hall–Kier alpha value is -3.15. The second-order valence-corrected chi connectivity index (χ2v) is 5.20. The summed E-state index contributed by atoms with van der Waals surface area (Å²) in [6.07, 6.45) is 0. The van der Waals surface area contributed by atoms with Crippen molar-refractivity contribution >= 4 is 5.91 Å². The summed E-state index contributed by atoms with van der Waals surface area (Å²) in [7, 11) is 1.56. The van der Waals surface area contributed by atoms with E-state index in [4.69, 9.17) is 9.26 Å². The van der Waals surface area contributed by atoms with Crippen LogP contribution in [0.4, 0.5) is 0 Å². The molecule has 6 heteroatoms. The lowest BCUT2D eigenvalue weighted by molar-refractivity contribution is -0.122. The molecule has 1 heterocycles. The molecule has 122 valence electrons. The number of nitrogens with one attached hydrogen (secondary N) is 1. The van der Waals surface area contributed by atoms with E-state index in [2.05, 4.69) is 15.5 Å². The van der Waals surface area contributed by atoms with Crippen molar-refractivity contribution in [2.75, 3.05) is 13.7 Å². The van der Waals surface area contributed by atoms with Gasteiger partial charge in [0, 0.05) is 12.6 Å². The lowest BCUT2D eigenvalue weighted by Gasteiger charge is -2.07. The van der Waals surface area contributed by atoms with Crippen LogP contribution in [0.3, 0.4) is 0 Å². The van der Waals surface area contributed by atoms with Crippen LogP contribution in [0, 0.1) is 6.92 Å². The molecular weight excluding hydrogens is 306 g/mol. The van der Waals surface area contributed by atoms with Crippen LogP contribution in [-0.4, -0.2) is 29.7 Å². The zero-order chi connectivity index (χ0) is 16.9. The maximum Gasteiger partial charge on any atom is 0.262 e. The third-order valence-corrected chi connectivity index (χ3v) is 3.57.